The number of ether oxygens (including phenoxy) is 2. The van der Waals surface area contributed by atoms with E-state index in [0.717, 1.165) is 17.3 Å². The number of rotatable bonds is 5. The normalized spacial score (nSPS) is 18.0. The Morgan fingerprint density at radius 3 is 2.02 bits per heavy atom. The zero-order valence-electron chi connectivity index (χ0n) is 29.4. The molecule has 1 aromatic rings. The fraction of sp³-hybridized carbons (Fsp3) is 0.667. The second-order valence-corrected chi connectivity index (χ2v) is 15.8. The number of anilines is 1. The van der Waals surface area contributed by atoms with E-state index in [1.807, 2.05) is 20.8 Å². The number of hydrogen-bond donors (Lipinski definition) is 1. The van der Waals surface area contributed by atoms with Crippen LogP contribution in [0, 0.1) is 36.0 Å². The zero-order chi connectivity index (χ0) is 35.6. The van der Waals surface area contributed by atoms with Crippen molar-refractivity contribution in [2.24, 2.45) is 11.3 Å². The maximum atomic E-state index is 12.8. The summed E-state index contributed by atoms with van der Waals surface area (Å²) < 4.78 is 11.1. The largest absolute Gasteiger partial charge is 0.477 e. The molecule has 0 aromatic carbocycles. The molecule has 3 heterocycles. The lowest BCUT2D eigenvalue weighted by Crippen LogP contribution is -2.65. The molecule has 0 radical (unpaired) electrons. The van der Waals surface area contributed by atoms with E-state index in [4.69, 9.17) is 9.47 Å². The summed E-state index contributed by atoms with van der Waals surface area (Å²) in [5.74, 6) is 6.03. The molecule has 0 unspecified atom stereocenters. The van der Waals surface area contributed by atoms with Crippen molar-refractivity contribution in [3.8, 4) is 24.7 Å². The molecule has 3 amide bonds. The van der Waals surface area contributed by atoms with Crippen molar-refractivity contribution in [2.45, 2.75) is 118 Å². The van der Waals surface area contributed by atoms with E-state index in [1.54, 1.807) is 38.7 Å². The fourth-order valence-electron chi connectivity index (χ4n) is 5.57. The number of carbonyl (C=O) groups excluding carboxylic acids is 3. The molecule has 1 saturated carbocycles. The summed E-state index contributed by atoms with van der Waals surface area (Å²) >= 11 is 1.05. The number of carbonyl (C=O) groups is 4. The molecule has 1 aliphatic carbocycles. The van der Waals surface area contributed by atoms with Crippen LogP contribution in [0.4, 0.5) is 15.3 Å². The molecule has 0 atom stereocenters. The quantitative estimate of drug-likeness (QED) is 0.259. The predicted octanol–water partition coefficient (Wildman–Crippen LogP) is 7.25. The highest BCUT2D eigenvalue weighted by Gasteiger charge is 2.47. The molecule has 0 bridgehead atoms. The van der Waals surface area contributed by atoms with Crippen LogP contribution in [-0.4, -0.2) is 82.9 Å². The van der Waals surface area contributed by atoms with Crippen molar-refractivity contribution in [1.29, 1.82) is 0 Å². The Bertz CT molecular complexity index is 1310. The number of amides is 3. The van der Waals surface area contributed by atoms with Gasteiger partial charge in [0.25, 0.3) is 0 Å². The number of likely N-dealkylation sites (tertiary alicyclic amines) is 2. The molecule has 1 aromatic heterocycles. The van der Waals surface area contributed by atoms with Crippen molar-refractivity contribution < 1.29 is 33.8 Å². The van der Waals surface area contributed by atoms with Crippen LogP contribution in [0.2, 0.25) is 0 Å². The Hall–Kier alpha value is -3.70. The van der Waals surface area contributed by atoms with Gasteiger partial charge < -0.3 is 29.3 Å². The lowest BCUT2D eigenvalue weighted by molar-refractivity contribution is -0.108. The molecule has 2 saturated heterocycles. The van der Waals surface area contributed by atoms with Gasteiger partial charge in [-0.3, -0.25) is 4.79 Å². The fourth-order valence-corrected chi connectivity index (χ4v) is 6.42. The number of thiophene rings is 1. The van der Waals surface area contributed by atoms with Gasteiger partial charge in [-0.25, -0.2) is 14.4 Å². The van der Waals surface area contributed by atoms with Crippen molar-refractivity contribution in [1.82, 2.24) is 9.80 Å². The highest BCUT2D eigenvalue weighted by Crippen LogP contribution is 2.34. The van der Waals surface area contributed by atoms with E-state index in [2.05, 4.69) is 31.6 Å². The van der Waals surface area contributed by atoms with Gasteiger partial charge in [-0.2, -0.15) is 0 Å². The summed E-state index contributed by atoms with van der Waals surface area (Å²) in [6.07, 6.45) is 16.1. The van der Waals surface area contributed by atoms with Gasteiger partial charge in [0.1, 0.15) is 16.1 Å². The van der Waals surface area contributed by atoms with Crippen LogP contribution in [0.3, 0.4) is 0 Å². The third kappa shape index (κ3) is 12.4. The second kappa shape index (κ2) is 16.9. The first-order chi connectivity index (χ1) is 21.9. The van der Waals surface area contributed by atoms with Crippen LogP contribution in [0.5, 0.6) is 0 Å². The molecular weight excluding hydrogens is 618 g/mol. The molecule has 2 aliphatic heterocycles. The Labute approximate surface area is 285 Å². The summed E-state index contributed by atoms with van der Waals surface area (Å²) in [7, 11) is 0. The summed E-state index contributed by atoms with van der Waals surface area (Å²) in [4.78, 5) is 54.1. The van der Waals surface area contributed by atoms with Crippen molar-refractivity contribution in [3.05, 3.63) is 15.8 Å². The van der Waals surface area contributed by atoms with Crippen LogP contribution in [0.1, 0.15) is 115 Å². The van der Waals surface area contributed by atoms with Crippen molar-refractivity contribution in [3.63, 3.8) is 0 Å². The minimum atomic E-state index is -1.11. The van der Waals surface area contributed by atoms with Crippen LogP contribution < -0.4 is 4.90 Å². The third-order valence-corrected chi connectivity index (χ3v) is 8.93. The zero-order valence-corrected chi connectivity index (χ0v) is 30.2. The van der Waals surface area contributed by atoms with E-state index in [0.29, 0.717) is 42.9 Å². The lowest BCUT2D eigenvalue weighted by Gasteiger charge is -2.47. The number of terminal acetylenes is 1. The maximum absolute atomic E-state index is 12.8. The predicted molar refractivity (Wildman–Crippen MR) is 186 cm³/mol. The van der Waals surface area contributed by atoms with Gasteiger partial charge in [-0.05, 0) is 73.3 Å². The van der Waals surface area contributed by atoms with Gasteiger partial charge in [-0.15, -0.1) is 24.2 Å². The first-order valence-electron chi connectivity index (χ1n) is 16.3. The number of hydrogen-bond acceptors (Lipinski definition) is 7. The summed E-state index contributed by atoms with van der Waals surface area (Å²) in [5.41, 5.74) is -1.32. The molecule has 3 aliphatic rings. The molecule has 47 heavy (non-hydrogen) atoms. The Balaban J connectivity index is 0.000000743. The summed E-state index contributed by atoms with van der Waals surface area (Å²) in [5, 5.41) is 9.73. The van der Waals surface area contributed by atoms with Crippen LogP contribution in [-0.2, 0) is 14.3 Å². The summed E-state index contributed by atoms with van der Waals surface area (Å²) in [6.45, 7) is 16.6. The van der Waals surface area contributed by atoms with Gasteiger partial charge in [0.15, 0.2) is 0 Å². The van der Waals surface area contributed by atoms with Crippen LogP contribution in [0.25, 0.3) is 0 Å². The van der Waals surface area contributed by atoms with Crippen LogP contribution in [0.15, 0.2) is 6.07 Å². The molecule has 4 rings (SSSR count). The van der Waals surface area contributed by atoms with Crippen molar-refractivity contribution in [2.75, 3.05) is 31.1 Å². The average Bonchev–Trinajstić information content (AvgIpc) is 3.40. The molecule has 1 N–H and O–H groups in total. The highest BCUT2D eigenvalue weighted by atomic mass is 32.1. The molecule has 11 heteroatoms. The number of aromatic carboxylic acids is 1. The van der Waals surface area contributed by atoms with E-state index in [-0.39, 0.29) is 29.4 Å². The lowest BCUT2D eigenvalue weighted by atomic mass is 9.91. The number of carboxylic acids is 1. The minimum Gasteiger partial charge on any atom is -0.477 e. The number of carboxylic acid groups (broad SMARTS) is 1. The van der Waals surface area contributed by atoms with E-state index >= 15 is 0 Å². The number of nitrogens with zero attached hydrogens (tertiary/aromatic N) is 3. The van der Waals surface area contributed by atoms with Gasteiger partial charge in [0, 0.05) is 24.5 Å². The Morgan fingerprint density at radius 1 is 1.00 bits per heavy atom. The van der Waals surface area contributed by atoms with Crippen LogP contribution >= 0.6 is 11.3 Å². The van der Waals surface area contributed by atoms with E-state index in [9.17, 15) is 24.3 Å². The standard InChI is InChI=1S/C27H37N3O7S.C7H14.C2H2/c1-25(2,3)11-8-19-14-20(21(38-19)22(32)33)30(17-31)18-9-12-28(13-10-18)23(34)37-27(7)15-29(16-27)24(35)36-26(4,5)6;1-7-5-3-2-4-6-7;1-2/h14,17-18H,9-10,12-13,15-16H2,1-7H3,(H,32,33);7H,2-6H2,1H3;1-2H. The molecule has 10 nitrogen and oxygen atoms in total. The summed E-state index contributed by atoms with van der Waals surface area (Å²) in [6, 6.07) is 1.38. The Kier molecular flexibility index (Phi) is 14.2. The second-order valence-electron chi connectivity index (χ2n) is 14.8. The topological polar surface area (TPSA) is 117 Å². The molecule has 3 fully saturated rings. The average molecular weight is 672 g/mol. The first kappa shape index (κ1) is 39.5. The number of piperidine rings is 1. The van der Waals surface area contributed by atoms with Gasteiger partial charge >= 0.3 is 18.2 Å². The minimum absolute atomic E-state index is 0.0598. The first-order valence-corrected chi connectivity index (χ1v) is 17.1. The smallest absolute Gasteiger partial charge is 0.410 e. The van der Waals surface area contributed by atoms with Crippen molar-refractivity contribution >= 4 is 41.6 Å². The third-order valence-electron chi connectivity index (χ3n) is 7.91. The van der Waals surface area contributed by atoms with E-state index < -0.39 is 29.4 Å². The van der Waals surface area contributed by atoms with Gasteiger partial charge in [-0.1, -0.05) is 50.9 Å². The molecule has 260 valence electrons. The van der Waals surface area contributed by atoms with Gasteiger partial charge in [0.05, 0.1) is 23.7 Å². The highest BCUT2D eigenvalue weighted by molar-refractivity contribution is 7.15. The molecule has 0 spiro atoms. The van der Waals surface area contributed by atoms with E-state index in [1.165, 1.54) is 41.9 Å². The SMILES string of the molecule is C#C.CC(C)(C)C#Cc1cc(N(C=O)C2CCN(C(=O)OC3(C)CN(C(=O)OC(C)(C)C)C3)CC2)c(C(=O)O)s1.CC1CCCCC1. The monoisotopic (exact) mass is 671 g/mol. The Morgan fingerprint density at radius 2 is 1.57 bits per heavy atom. The maximum Gasteiger partial charge on any atom is 0.410 e. The van der Waals surface area contributed by atoms with Gasteiger partial charge in [0.2, 0.25) is 6.41 Å². The molecular formula is C36H53N3O7S.